The Morgan fingerprint density at radius 1 is 1.00 bits per heavy atom. The Morgan fingerprint density at radius 2 is 1.67 bits per heavy atom. The number of nitrogens with one attached hydrogen (secondary N) is 1. The highest BCUT2D eigenvalue weighted by molar-refractivity contribution is 5.76. The van der Waals surface area contributed by atoms with Gasteiger partial charge in [-0.05, 0) is 48.4 Å². The molecule has 0 unspecified atom stereocenters. The van der Waals surface area contributed by atoms with Crippen LogP contribution in [0.3, 0.4) is 0 Å². The smallest absolute Gasteiger partial charge is 0.0629 e. The van der Waals surface area contributed by atoms with E-state index in [1.54, 1.807) is 0 Å². The fourth-order valence-corrected chi connectivity index (χ4v) is 1.80. The topological polar surface area (TPSA) is 24.4 Å². The molecule has 1 N–H and O–H groups in total. The normalized spacial score (nSPS) is 12.1. The monoisotopic (exact) mass is 276 g/mol. The Kier molecular flexibility index (Phi) is 6.01. The minimum atomic E-state index is 0.966. The van der Waals surface area contributed by atoms with Crippen molar-refractivity contribution in [2.75, 3.05) is 5.32 Å². The van der Waals surface area contributed by atoms with Gasteiger partial charge in [0.2, 0.25) is 0 Å². The number of hydrogen-bond donors (Lipinski definition) is 1. The summed E-state index contributed by atoms with van der Waals surface area (Å²) in [5.41, 5.74) is 3.27. The zero-order chi connectivity index (χ0) is 14.8. The number of rotatable bonds is 6. The van der Waals surface area contributed by atoms with Crippen LogP contribution < -0.4 is 5.32 Å². The first-order valence-corrected chi connectivity index (χ1v) is 7.15. The zero-order valence-electron chi connectivity index (χ0n) is 12.2. The van der Waals surface area contributed by atoms with Crippen LogP contribution in [-0.2, 0) is 0 Å². The molecule has 0 bridgehead atoms. The van der Waals surface area contributed by atoms with Crippen LogP contribution in [0, 0.1) is 0 Å². The molecule has 0 saturated heterocycles. The minimum absolute atomic E-state index is 0.966. The molecule has 0 aromatic heterocycles. The number of hydrogen-bond acceptors (Lipinski definition) is 2. The molecule has 2 heteroatoms. The van der Waals surface area contributed by atoms with Crippen molar-refractivity contribution in [3.05, 3.63) is 84.6 Å². The summed E-state index contributed by atoms with van der Waals surface area (Å²) in [6, 6.07) is 20.1. The van der Waals surface area contributed by atoms with Gasteiger partial charge in [0.15, 0.2) is 0 Å². The summed E-state index contributed by atoms with van der Waals surface area (Å²) in [6.07, 6.45) is 8.88. The minimum Gasteiger partial charge on any atom is -0.362 e. The highest BCUT2D eigenvalue weighted by Crippen LogP contribution is 2.10. The lowest BCUT2D eigenvalue weighted by atomic mass is 10.2. The van der Waals surface area contributed by atoms with Gasteiger partial charge in [0.1, 0.15) is 0 Å². The predicted octanol–water partition coefficient (Wildman–Crippen LogP) is 5.35. The molecular formula is C19H20N2. The van der Waals surface area contributed by atoms with Gasteiger partial charge in [0.05, 0.1) is 5.69 Å². The molecule has 0 aliphatic carbocycles. The maximum atomic E-state index is 4.40. The summed E-state index contributed by atoms with van der Waals surface area (Å²) in [6.45, 7) is 2.13. The summed E-state index contributed by atoms with van der Waals surface area (Å²) in [7, 11) is 0. The third-order valence-corrected chi connectivity index (χ3v) is 3.00. The summed E-state index contributed by atoms with van der Waals surface area (Å²) >= 11 is 0. The molecule has 0 fully saturated rings. The lowest BCUT2D eigenvalue weighted by molar-refractivity contribution is 1.15. The molecule has 0 heterocycles. The molecule has 21 heavy (non-hydrogen) atoms. The van der Waals surface area contributed by atoms with Crippen molar-refractivity contribution in [2.24, 2.45) is 4.99 Å². The molecule has 0 atom stereocenters. The fourth-order valence-electron chi connectivity index (χ4n) is 1.80. The van der Waals surface area contributed by atoms with Gasteiger partial charge >= 0.3 is 0 Å². The van der Waals surface area contributed by atoms with E-state index in [9.17, 15) is 0 Å². The molecule has 2 nitrogen and oxygen atoms in total. The number of allylic oxidation sites excluding steroid dienone is 3. The van der Waals surface area contributed by atoms with Crippen molar-refractivity contribution in [1.82, 2.24) is 0 Å². The van der Waals surface area contributed by atoms with Crippen LogP contribution in [-0.4, -0.2) is 6.21 Å². The molecule has 0 aliphatic rings. The van der Waals surface area contributed by atoms with Gasteiger partial charge in [0, 0.05) is 18.1 Å². The Labute approximate surface area is 126 Å². The van der Waals surface area contributed by atoms with Crippen molar-refractivity contribution >= 4 is 17.6 Å². The average molecular weight is 276 g/mol. The van der Waals surface area contributed by atoms with E-state index in [0.717, 1.165) is 17.8 Å². The average Bonchev–Trinajstić information content (AvgIpc) is 2.55. The highest BCUT2D eigenvalue weighted by Gasteiger charge is 1.88. The van der Waals surface area contributed by atoms with Crippen molar-refractivity contribution in [3.63, 3.8) is 0 Å². The maximum Gasteiger partial charge on any atom is 0.0629 e. The molecule has 0 saturated carbocycles. The first-order chi connectivity index (χ1) is 10.4. The van der Waals surface area contributed by atoms with Gasteiger partial charge in [-0.1, -0.05) is 43.3 Å². The Balaban J connectivity index is 1.93. The van der Waals surface area contributed by atoms with Gasteiger partial charge in [-0.15, -0.1) is 0 Å². The van der Waals surface area contributed by atoms with Crippen molar-refractivity contribution in [3.8, 4) is 0 Å². The van der Waals surface area contributed by atoms with Gasteiger partial charge in [-0.2, -0.15) is 0 Å². The van der Waals surface area contributed by atoms with Crippen molar-refractivity contribution < 1.29 is 0 Å². The van der Waals surface area contributed by atoms with E-state index in [1.165, 1.54) is 5.57 Å². The van der Waals surface area contributed by atoms with Gasteiger partial charge in [-0.25, -0.2) is 0 Å². The van der Waals surface area contributed by atoms with Crippen LogP contribution >= 0.6 is 0 Å². The van der Waals surface area contributed by atoms with Crippen molar-refractivity contribution in [1.29, 1.82) is 0 Å². The second-order valence-electron chi connectivity index (χ2n) is 4.55. The number of aliphatic imine (C=N–C) groups is 1. The first-order valence-electron chi connectivity index (χ1n) is 7.15. The van der Waals surface area contributed by atoms with E-state index in [2.05, 4.69) is 23.3 Å². The summed E-state index contributed by atoms with van der Waals surface area (Å²) in [4.78, 5) is 4.40. The molecule has 0 spiro atoms. The third kappa shape index (κ3) is 5.49. The van der Waals surface area contributed by atoms with E-state index >= 15 is 0 Å². The first kappa shape index (κ1) is 14.8. The lowest BCUT2D eigenvalue weighted by Gasteiger charge is -2.00. The molecule has 0 radical (unpaired) electrons. The lowest BCUT2D eigenvalue weighted by Crippen LogP contribution is -1.87. The molecule has 2 rings (SSSR count). The molecule has 0 amide bonds. The van der Waals surface area contributed by atoms with Crippen molar-refractivity contribution in [2.45, 2.75) is 13.3 Å². The van der Waals surface area contributed by atoms with Crippen LogP contribution in [0.15, 0.2) is 89.6 Å². The van der Waals surface area contributed by atoms with Crippen LogP contribution in [0.2, 0.25) is 0 Å². The summed E-state index contributed by atoms with van der Waals surface area (Å²) in [5, 5.41) is 3.25. The van der Waals surface area contributed by atoms with Crippen LogP contribution in [0.25, 0.3) is 0 Å². The second kappa shape index (κ2) is 8.54. The van der Waals surface area contributed by atoms with E-state index < -0.39 is 0 Å². The van der Waals surface area contributed by atoms with E-state index in [1.807, 2.05) is 79.2 Å². The zero-order valence-corrected chi connectivity index (χ0v) is 12.2. The Bertz CT molecular complexity index is 611. The molecule has 2 aromatic carbocycles. The molecule has 106 valence electrons. The maximum absolute atomic E-state index is 4.40. The van der Waals surface area contributed by atoms with Gasteiger partial charge in [0.25, 0.3) is 0 Å². The summed E-state index contributed by atoms with van der Waals surface area (Å²) < 4.78 is 0. The number of anilines is 1. The molecular weight excluding hydrogens is 256 g/mol. The number of para-hydroxylation sites is 2. The molecule has 2 aromatic rings. The van der Waals surface area contributed by atoms with Gasteiger partial charge < -0.3 is 5.32 Å². The molecule has 0 aliphatic heterocycles. The summed E-state index contributed by atoms with van der Waals surface area (Å²) in [5.74, 6) is 0. The number of nitrogens with zero attached hydrogens (tertiary/aromatic N) is 1. The predicted molar refractivity (Wildman–Crippen MR) is 92.2 cm³/mol. The standard InChI is InChI=1S/C19H20N2/c1-2-17(13-15-20-18-9-5-3-6-10-18)14-16-21-19-11-7-4-8-12-19/h3-16,20H,2H2,1H3. The Morgan fingerprint density at radius 3 is 2.33 bits per heavy atom. The highest BCUT2D eigenvalue weighted by atomic mass is 14.8. The van der Waals surface area contributed by atoms with Crippen LogP contribution in [0.5, 0.6) is 0 Å². The quantitative estimate of drug-likeness (QED) is 0.558. The fraction of sp³-hybridized carbons (Fsp3) is 0.105. The van der Waals surface area contributed by atoms with Crippen LogP contribution in [0.4, 0.5) is 11.4 Å². The Hall–Kier alpha value is -2.61. The second-order valence-corrected chi connectivity index (χ2v) is 4.55. The van der Waals surface area contributed by atoms with E-state index in [-0.39, 0.29) is 0 Å². The van der Waals surface area contributed by atoms with Crippen LogP contribution in [0.1, 0.15) is 13.3 Å². The SMILES string of the molecule is CCC(C=CNc1ccccc1)=CC=Nc1ccccc1. The number of benzene rings is 2. The van der Waals surface area contributed by atoms with E-state index in [4.69, 9.17) is 0 Å². The largest absolute Gasteiger partial charge is 0.362 e. The van der Waals surface area contributed by atoms with Gasteiger partial charge in [-0.3, -0.25) is 4.99 Å². The third-order valence-electron chi connectivity index (χ3n) is 3.00. The van der Waals surface area contributed by atoms with E-state index in [0.29, 0.717) is 0 Å².